The molecule has 6 nitrogen and oxygen atoms in total. The molecule has 0 saturated heterocycles. The maximum Gasteiger partial charge on any atom is 0.242 e. The van der Waals surface area contributed by atoms with Gasteiger partial charge in [0.2, 0.25) is 10.0 Å². The molecular formula is C13H18N4O2S2. The van der Waals surface area contributed by atoms with Gasteiger partial charge in [0.25, 0.3) is 0 Å². The van der Waals surface area contributed by atoms with Crippen molar-refractivity contribution in [3.05, 3.63) is 34.9 Å². The summed E-state index contributed by atoms with van der Waals surface area (Å²) in [5.74, 6) is 0.679. The highest BCUT2D eigenvalue weighted by Gasteiger charge is 2.14. The van der Waals surface area contributed by atoms with Crippen molar-refractivity contribution in [2.75, 3.05) is 18.4 Å². The predicted molar refractivity (Wildman–Crippen MR) is 84.0 cm³/mol. The second kappa shape index (κ2) is 7.48. The first-order chi connectivity index (χ1) is 10.1. The molecule has 21 heavy (non-hydrogen) atoms. The van der Waals surface area contributed by atoms with Gasteiger partial charge in [0.05, 0.1) is 11.2 Å². The zero-order valence-corrected chi connectivity index (χ0v) is 13.4. The van der Waals surface area contributed by atoms with E-state index in [0.717, 1.165) is 18.7 Å². The van der Waals surface area contributed by atoms with Crippen molar-refractivity contribution < 1.29 is 8.42 Å². The minimum atomic E-state index is -3.52. The Bertz CT molecular complexity index is 639. The van der Waals surface area contributed by atoms with Gasteiger partial charge in [-0.05, 0) is 18.6 Å². The summed E-state index contributed by atoms with van der Waals surface area (Å²) >= 11 is 1.50. The Morgan fingerprint density at radius 3 is 2.71 bits per heavy atom. The molecule has 0 aliphatic carbocycles. The summed E-state index contributed by atoms with van der Waals surface area (Å²) in [5, 5.41) is 5.01. The van der Waals surface area contributed by atoms with Crippen LogP contribution in [0.3, 0.4) is 0 Å². The minimum absolute atomic E-state index is 0.169. The van der Waals surface area contributed by atoms with Gasteiger partial charge in [-0.25, -0.2) is 23.1 Å². The van der Waals surface area contributed by atoms with E-state index in [9.17, 15) is 8.42 Å². The van der Waals surface area contributed by atoms with E-state index in [1.54, 1.807) is 17.6 Å². The molecule has 0 fully saturated rings. The van der Waals surface area contributed by atoms with Crippen LogP contribution in [0, 0.1) is 0 Å². The third kappa shape index (κ3) is 4.76. The van der Waals surface area contributed by atoms with E-state index in [0.29, 0.717) is 18.8 Å². The van der Waals surface area contributed by atoms with Crippen LogP contribution in [0.25, 0.3) is 0 Å². The first-order valence-electron chi connectivity index (χ1n) is 6.68. The largest absolute Gasteiger partial charge is 0.370 e. The average Bonchev–Trinajstić information content (AvgIpc) is 2.98. The predicted octanol–water partition coefficient (Wildman–Crippen LogP) is 1.88. The molecule has 114 valence electrons. The highest BCUT2D eigenvalue weighted by Crippen LogP contribution is 2.10. The number of rotatable bonds is 8. The molecule has 2 aromatic rings. The summed E-state index contributed by atoms with van der Waals surface area (Å²) in [5.41, 5.74) is 2.62. The molecule has 0 spiro atoms. The molecule has 0 unspecified atom stereocenters. The van der Waals surface area contributed by atoms with Crippen LogP contribution in [-0.4, -0.2) is 31.5 Å². The number of nitrogens with one attached hydrogen (secondary N) is 2. The van der Waals surface area contributed by atoms with Gasteiger partial charge < -0.3 is 5.32 Å². The number of nitrogens with zero attached hydrogens (tertiary/aromatic N) is 2. The minimum Gasteiger partial charge on any atom is -0.370 e. The number of pyridine rings is 1. The van der Waals surface area contributed by atoms with Crippen LogP contribution in [0.4, 0.5) is 5.82 Å². The number of thiazole rings is 1. The third-order valence-electron chi connectivity index (χ3n) is 2.76. The lowest BCUT2D eigenvalue weighted by Crippen LogP contribution is -2.26. The van der Waals surface area contributed by atoms with Crippen molar-refractivity contribution in [1.82, 2.24) is 14.7 Å². The molecule has 8 heteroatoms. The molecular weight excluding hydrogens is 308 g/mol. The van der Waals surface area contributed by atoms with Crippen molar-refractivity contribution in [3.63, 3.8) is 0 Å². The van der Waals surface area contributed by atoms with Crippen LogP contribution in [0.1, 0.15) is 19.0 Å². The first kappa shape index (κ1) is 15.9. The van der Waals surface area contributed by atoms with Gasteiger partial charge in [0.1, 0.15) is 10.7 Å². The Balaban J connectivity index is 1.92. The van der Waals surface area contributed by atoms with Crippen LogP contribution in [0.5, 0.6) is 0 Å². The van der Waals surface area contributed by atoms with Crippen molar-refractivity contribution in [3.8, 4) is 0 Å². The molecule has 2 rings (SSSR count). The summed E-state index contributed by atoms with van der Waals surface area (Å²) in [6.45, 7) is 3.19. The normalized spacial score (nSPS) is 11.5. The Morgan fingerprint density at radius 1 is 1.24 bits per heavy atom. The molecule has 0 radical (unpaired) electrons. The Hall–Kier alpha value is -1.51. The lowest BCUT2D eigenvalue weighted by molar-refractivity contribution is 0.581. The highest BCUT2D eigenvalue weighted by molar-refractivity contribution is 7.89. The smallest absolute Gasteiger partial charge is 0.242 e. The maximum atomic E-state index is 12.1. The summed E-state index contributed by atoms with van der Waals surface area (Å²) in [6.07, 6.45) is 2.93. The van der Waals surface area contributed by atoms with Crippen LogP contribution in [0.15, 0.2) is 34.1 Å². The van der Waals surface area contributed by atoms with E-state index >= 15 is 0 Å². The lowest BCUT2D eigenvalue weighted by Gasteiger charge is -2.07. The molecule has 0 saturated carbocycles. The zero-order chi connectivity index (χ0) is 15.1. The van der Waals surface area contributed by atoms with Crippen LogP contribution in [0.2, 0.25) is 0 Å². The van der Waals surface area contributed by atoms with Gasteiger partial charge in [-0.3, -0.25) is 0 Å². The number of hydrogen-bond donors (Lipinski definition) is 2. The van der Waals surface area contributed by atoms with Gasteiger partial charge >= 0.3 is 0 Å². The van der Waals surface area contributed by atoms with Crippen molar-refractivity contribution >= 4 is 27.2 Å². The summed E-state index contributed by atoms with van der Waals surface area (Å²) < 4.78 is 26.7. The topological polar surface area (TPSA) is 84.0 Å². The van der Waals surface area contributed by atoms with Crippen LogP contribution >= 0.6 is 11.3 Å². The molecule has 0 aliphatic rings. The van der Waals surface area contributed by atoms with E-state index in [2.05, 4.69) is 26.9 Å². The fraction of sp³-hybridized carbons (Fsp3) is 0.385. The number of aromatic nitrogens is 2. The molecule has 0 atom stereocenters. The highest BCUT2D eigenvalue weighted by atomic mass is 32.2. The lowest BCUT2D eigenvalue weighted by atomic mass is 10.3. The zero-order valence-electron chi connectivity index (χ0n) is 11.7. The van der Waals surface area contributed by atoms with Crippen molar-refractivity contribution in [2.45, 2.75) is 24.7 Å². The number of anilines is 1. The molecule has 0 bridgehead atoms. The molecule has 2 N–H and O–H groups in total. The van der Waals surface area contributed by atoms with Gasteiger partial charge in [0.15, 0.2) is 0 Å². The monoisotopic (exact) mass is 326 g/mol. The van der Waals surface area contributed by atoms with Gasteiger partial charge in [0, 0.05) is 31.1 Å². The van der Waals surface area contributed by atoms with Crippen molar-refractivity contribution in [1.29, 1.82) is 0 Å². The fourth-order valence-electron chi connectivity index (χ4n) is 1.65. The third-order valence-corrected chi connectivity index (χ3v) is 4.84. The standard InChI is InChI=1S/C13H18N4O2S2/c1-2-6-14-13-4-3-12(8-15-13)21(18,19)17-7-5-11-9-20-10-16-11/h3-4,8-10,17H,2,5-7H2,1H3,(H,14,15). The SMILES string of the molecule is CCCNc1ccc(S(=O)(=O)NCCc2cscn2)cn1. The summed E-state index contributed by atoms with van der Waals surface area (Å²) in [6, 6.07) is 3.22. The van der Waals surface area contributed by atoms with E-state index < -0.39 is 10.0 Å². The van der Waals surface area contributed by atoms with Crippen LogP contribution < -0.4 is 10.0 Å². The van der Waals surface area contributed by atoms with Gasteiger partial charge in [-0.1, -0.05) is 6.92 Å². The molecule has 0 aliphatic heterocycles. The van der Waals surface area contributed by atoms with Crippen LogP contribution in [-0.2, 0) is 16.4 Å². The molecule has 2 heterocycles. The van der Waals surface area contributed by atoms with E-state index in [1.165, 1.54) is 17.5 Å². The molecule has 0 amide bonds. The van der Waals surface area contributed by atoms with Gasteiger partial charge in [-0.2, -0.15) is 0 Å². The Morgan fingerprint density at radius 2 is 2.10 bits per heavy atom. The average molecular weight is 326 g/mol. The maximum absolute atomic E-state index is 12.1. The Kier molecular flexibility index (Phi) is 5.66. The van der Waals surface area contributed by atoms with Gasteiger partial charge in [-0.15, -0.1) is 11.3 Å². The van der Waals surface area contributed by atoms with Crippen molar-refractivity contribution in [2.24, 2.45) is 0 Å². The molecule has 2 aromatic heterocycles. The van der Waals surface area contributed by atoms with E-state index in [4.69, 9.17) is 0 Å². The summed E-state index contributed by atoms with van der Waals surface area (Å²) in [7, 11) is -3.52. The molecule has 0 aromatic carbocycles. The van der Waals surface area contributed by atoms with E-state index in [1.807, 2.05) is 5.38 Å². The second-order valence-corrected chi connectivity index (χ2v) is 6.92. The number of hydrogen-bond acceptors (Lipinski definition) is 6. The quantitative estimate of drug-likeness (QED) is 0.774. The summed E-state index contributed by atoms with van der Waals surface area (Å²) in [4.78, 5) is 8.38. The first-order valence-corrected chi connectivity index (χ1v) is 9.11. The Labute approximate surface area is 128 Å². The second-order valence-electron chi connectivity index (χ2n) is 4.43. The fourth-order valence-corrected chi connectivity index (χ4v) is 3.22. The number of sulfonamides is 1. The van der Waals surface area contributed by atoms with E-state index in [-0.39, 0.29) is 4.90 Å².